The molecule has 0 heteroatoms. The summed E-state index contributed by atoms with van der Waals surface area (Å²) in [7, 11) is 0. The minimum absolute atomic E-state index is 1.09. The van der Waals surface area contributed by atoms with Gasteiger partial charge in [0.15, 0.2) is 0 Å². The van der Waals surface area contributed by atoms with E-state index in [1.165, 1.54) is 116 Å². The minimum atomic E-state index is 1.09. The van der Waals surface area contributed by atoms with Crippen molar-refractivity contribution < 1.29 is 0 Å². The first kappa shape index (κ1) is 25.6. The topological polar surface area (TPSA) is 0 Å². The number of rotatable bonds is 20. The lowest BCUT2D eigenvalue weighted by molar-refractivity contribution is 0.538. The van der Waals surface area contributed by atoms with E-state index in [0.29, 0.717) is 0 Å². The second kappa shape index (κ2) is 24.6. The summed E-state index contributed by atoms with van der Waals surface area (Å²) >= 11 is 0. The Hall–Kier alpha value is -0.440. The van der Waals surface area contributed by atoms with Gasteiger partial charge in [-0.3, -0.25) is 0 Å². The standard InChI is InChI=1S/C26H48/c1-3-5-7-9-11-13-15-17-19-21-23-25-26-24-22-20-18-16-14-12-10-8-6-4-2/h1-17,19,21-26H2. The average Bonchev–Trinajstić information content (AvgIpc) is 2.66. The van der Waals surface area contributed by atoms with Crippen LogP contribution in [-0.4, -0.2) is 0 Å². The van der Waals surface area contributed by atoms with Crippen molar-refractivity contribution in [3.8, 4) is 11.8 Å². The third kappa shape index (κ3) is 23.6. The lowest BCUT2D eigenvalue weighted by Gasteiger charge is -2.02. The highest BCUT2D eigenvalue weighted by Gasteiger charge is 1.94. The molecule has 0 aliphatic rings. The Morgan fingerprint density at radius 3 is 0.808 bits per heavy atom. The zero-order chi connectivity index (χ0) is 19.0. The molecule has 0 heterocycles. The lowest BCUT2D eigenvalue weighted by atomic mass is 10.0. The fraction of sp³-hybridized carbons (Fsp3) is 0.846. The maximum atomic E-state index is 3.90. The molecule has 0 N–H and O–H groups in total. The van der Waals surface area contributed by atoms with Gasteiger partial charge < -0.3 is 0 Å². The van der Waals surface area contributed by atoms with Gasteiger partial charge in [-0.25, -0.2) is 0 Å². The van der Waals surface area contributed by atoms with Gasteiger partial charge in [-0.05, 0) is 12.8 Å². The Labute approximate surface area is 167 Å². The zero-order valence-electron chi connectivity index (χ0n) is 18.0. The highest BCUT2D eigenvalue weighted by Crippen LogP contribution is 2.13. The molecule has 2 radical (unpaired) electrons. The quantitative estimate of drug-likeness (QED) is 0.150. The molecule has 0 aliphatic carbocycles. The Kier molecular flexibility index (Phi) is 24.1. The van der Waals surface area contributed by atoms with Crippen LogP contribution in [0.2, 0.25) is 0 Å². The number of unbranched alkanes of at least 4 members (excludes halogenated alkanes) is 20. The maximum Gasteiger partial charge on any atom is 0.00886 e. The molecule has 0 aromatic heterocycles. The maximum absolute atomic E-state index is 3.90. The van der Waals surface area contributed by atoms with E-state index in [9.17, 15) is 0 Å². The molecular weight excluding hydrogens is 312 g/mol. The van der Waals surface area contributed by atoms with Crippen LogP contribution in [0.15, 0.2) is 0 Å². The van der Waals surface area contributed by atoms with E-state index >= 15 is 0 Å². The Morgan fingerprint density at radius 2 is 0.538 bits per heavy atom. The highest BCUT2D eigenvalue weighted by atomic mass is 14.0. The monoisotopic (exact) mass is 360 g/mol. The number of hydrogen-bond acceptors (Lipinski definition) is 0. The van der Waals surface area contributed by atoms with E-state index in [2.05, 4.69) is 25.7 Å². The molecule has 0 aromatic carbocycles. The first-order chi connectivity index (χ1) is 12.9. The smallest absolute Gasteiger partial charge is 0.00886 e. The van der Waals surface area contributed by atoms with Crippen LogP contribution in [0, 0.1) is 25.7 Å². The predicted octanol–water partition coefficient (Wildman–Crippen LogP) is 9.24. The van der Waals surface area contributed by atoms with E-state index in [0.717, 1.165) is 25.7 Å². The highest BCUT2D eigenvalue weighted by molar-refractivity contribution is 4.98. The number of hydrogen-bond donors (Lipinski definition) is 0. The normalized spacial score (nSPS) is 10.7. The van der Waals surface area contributed by atoms with E-state index in [1.54, 1.807) is 0 Å². The summed E-state index contributed by atoms with van der Waals surface area (Å²) in [4.78, 5) is 0. The molecule has 0 nitrogen and oxygen atoms in total. The molecule has 0 unspecified atom stereocenters. The van der Waals surface area contributed by atoms with E-state index in [4.69, 9.17) is 0 Å². The molecule has 0 bridgehead atoms. The molecule has 0 rings (SSSR count). The first-order valence-electron chi connectivity index (χ1n) is 12.0. The van der Waals surface area contributed by atoms with Gasteiger partial charge in [0.25, 0.3) is 0 Å². The van der Waals surface area contributed by atoms with Gasteiger partial charge in [-0.2, -0.15) is 0 Å². The average molecular weight is 361 g/mol. The van der Waals surface area contributed by atoms with Gasteiger partial charge in [-0.1, -0.05) is 129 Å². The second-order valence-electron chi connectivity index (χ2n) is 7.92. The molecule has 0 atom stereocenters. The zero-order valence-corrected chi connectivity index (χ0v) is 18.0. The lowest BCUT2D eigenvalue weighted by Crippen LogP contribution is -1.83. The van der Waals surface area contributed by atoms with Crippen LogP contribution in [0.4, 0.5) is 0 Å². The molecule has 26 heavy (non-hydrogen) atoms. The predicted molar refractivity (Wildman–Crippen MR) is 120 cm³/mol. The second-order valence-corrected chi connectivity index (χ2v) is 7.92. The first-order valence-corrected chi connectivity index (χ1v) is 12.0. The summed E-state index contributed by atoms with van der Waals surface area (Å²) in [6, 6.07) is 0. The third-order valence-corrected chi connectivity index (χ3v) is 5.23. The van der Waals surface area contributed by atoms with Crippen LogP contribution >= 0.6 is 0 Å². The summed E-state index contributed by atoms with van der Waals surface area (Å²) in [6.45, 7) is 7.79. The van der Waals surface area contributed by atoms with Gasteiger partial charge >= 0.3 is 0 Å². The minimum Gasteiger partial charge on any atom is -0.103 e. The third-order valence-electron chi connectivity index (χ3n) is 5.23. The van der Waals surface area contributed by atoms with Crippen molar-refractivity contribution in [2.75, 3.05) is 0 Å². The largest absolute Gasteiger partial charge is 0.103 e. The molecule has 152 valence electrons. The Bertz CT molecular complexity index is 293. The summed E-state index contributed by atoms with van der Waals surface area (Å²) < 4.78 is 0. The van der Waals surface area contributed by atoms with Crippen molar-refractivity contribution in [1.29, 1.82) is 0 Å². The fourth-order valence-corrected chi connectivity index (χ4v) is 3.43. The van der Waals surface area contributed by atoms with Crippen molar-refractivity contribution in [3.05, 3.63) is 13.8 Å². The molecular formula is C26H48. The SMILES string of the molecule is [CH2]CCCCCCCC#CCCCCCCCCCCCCCCC[CH2]. The van der Waals surface area contributed by atoms with Gasteiger partial charge in [0.1, 0.15) is 0 Å². The summed E-state index contributed by atoms with van der Waals surface area (Å²) in [5.74, 6) is 6.72. The molecule has 0 spiro atoms. The van der Waals surface area contributed by atoms with E-state index < -0.39 is 0 Å². The summed E-state index contributed by atoms with van der Waals surface area (Å²) in [5.41, 5.74) is 0. The summed E-state index contributed by atoms with van der Waals surface area (Å²) in [6.07, 6.45) is 29.5. The van der Waals surface area contributed by atoms with E-state index in [-0.39, 0.29) is 0 Å². The molecule has 0 saturated carbocycles. The van der Waals surface area contributed by atoms with Gasteiger partial charge in [0, 0.05) is 12.8 Å². The van der Waals surface area contributed by atoms with Crippen LogP contribution < -0.4 is 0 Å². The van der Waals surface area contributed by atoms with Crippen molar-refractivity contribution in [2.45, 2.75) is 141 Å². The van der Waals surface area contributed by atoms with Crippen LogP contribution in [0.5, 0.6) is 0 Å². The Balaban J connectivity index is 3.06. The van der Waals surface area contributed by atoms with Crippen molar-refractivity contribution in [2.24, 2.45) is 0 Å². The van der Waals surface area contributed by atoms with E-state index in [1.807, 2.05) is 0 Å². The molecule has 0 amide bonds. The van der Waals surface area contributed by atoms with Gasteiger partial charge in [0.2, 0.25) is 0 Å². The fourth-order valence-electron chi connectivity index (χ4n) is 3.43. The molecule has 0 aliphatic heterocycles. The van der Waals surface area contributed by atoms with Crippen molar-refractivity contribution in [3.63, 3.8) is 0 Å². The molecule has 0 fully saturated rings. The summed E-state index contributed by atoms with van der Waals surface area (Å²) in [5, 5.41) is 0. The van der Waals surface area contributed by atoms with Crippen LogP contribution in [-0.2, 0) is 0 Å². The van der Waals surface area contributed by atoms with Crippen LogP contribution in [0.1, 0.15) is 141 Å². The van der Waals surface area contributed by atoms with Crippen LogP contribution in [0.25, 0.3) is 0 Å². The Morgan fingerprint density at radius 1 is 0.308 bits per heavy atom. The molecule has 0 aromatic rings. The van der Waals surface area contributed by atoms with Gasteiger partial charge in [0.05, 0.1) is 0 Å². The van der Waals surface area contributed by atoms with Crippen molar-refractivity contribution in [1.82, 2.24) is 0 Å². The van der Waals surface area contributed by atoms with Gasteiger partial charge in [-0.15, -0.1) is 11.8 Å². The van der Waals surface area contributed by atoms with Crippen molar-refractivity contribution >= 4 is 0 Å². The molecule has 0 saturated heterocycles. The van der Waals surface area contributed by atoms with Crippen LogP contribution in [0.3, 0.4) is 0 Å².